The Kier molecular flexibility index (Phi) is 1.90. The van der Waals surface area contributed by atoms with E-state index in [1.807, 2.05) is 0 Å². The van der Waals surface area contributed by atoms with Crippen LogP contribution >= 0.6 is 0 Å². The Bertz CT molecular complexity index is 433. The maximum absolute atomic E-state index is 10.5. The molecule has 7 nitrogen and oxygen atoms in total. The van der Waals surface area contributed by atoms with Crippen LogP contribution < -0.4 is 5.32 Å². The van der Waals surface area contributed by atoms with Gasteiger partial charge in [0, 0.05) is 12.3 Å². The van der Waals surface area contributed by atoms with Crippen LogP contribution in [0.3, 0.4) is 0 Å². The molecule has 0 spiro atoms. The third-order valence-corrected chi connectivity index (χ3v) is 1.58. The molecule has 2 heterocycles. The highest BCUT2D eigenvalue weighted by molar-refractivity contribution is 5.86. The van der Waals surface area contributed by atoms with Gasteiger partial charge in [0.15, 0.2) is 5.82 Å². The van der Waals surface area contributed by atoms with Gasteiger partial charge in [0.05, 0.1) is 11.9 Å². The second kappa shape index (κ2) is 3.21. The lowest BCUT2D eigenvalue weighted by atomic mass is 10.4. The number of H-pyrrole nitrogens is 2. The summed E-state index contributed by atoms with van der Waals surface area (Å²) < 4.78 is 0. The van der Waals surface area contributed by atoms with Crippen LogP contribution in [0.2, 0.25) is 0 Å². The SMILES string of the molecule is O=C(O)c1cc(Nc2cn[nH]c2)n[nH]1. The molecule has 0 aromatic carbocycles. The highest BCUT2D eigenvalue weighted by Gasteiger charge is 2.07. The van der Waals surface area contributed by atoms with Crippen LogP contribution in [0.4, 0.5) is 11.5 Å². The Labute approximate surface area is 78.2 Å². The first-order valence-electron chi connectivity index (χ1n) is 3.80. The molecule has 7 heteroatoms. The summed E-state index contributed by atoms with van der Waals surface area (Å²) in [4.78, 5) is 10.5. The van der Waals surface area contributed by atoms with E-state index in [9.17, 15) is 4.79 Å². The summed E-state index contributed by atoms with van der Waals surface area (Å²) >= 11 is 0. The van der Waals surface area contributed by atoms with E-state index in [-0.39, 0.29) is 5.69 Å². The van der Waals surface area contributed by atoms with Crippen molar-refractivity contribution >= 4 is 17.5 Å². The van der Waals surface area contributed by atoms with E-state index in [2.05, 4.69) is 25.7 Å². The largest absolute Gasteiger partial charge is 0.477 e. The molecule has 2 aromatic rings. The number of aromatic amines is 2. The van der Waals surface area contributed by atoms with Crippen LogP contribution in [0.15, 0.2) is 18.5 Å². The fourth-order valence-electron chi connectivity index (χ4n) is 0.962. The standard InChI is InChI=1S/C7H7N5O2/c13-7(14)5-1-6(12-11-5)10-4-2-8-9-3-4/h1-3H,(H,8,9)(H,13,14)(H2,10,11,12). The van der Waals surface area contributed by atoms with Gasteiger partial charge in [-0.15, -0.1) is 0 Å². The van der Waals surface area contributed by atoms with Crippen LogP contribution in [0.5, 0.6) is 0 Å². The molecule has 2 aromatic heterocycles. The molecule has 0 amide bonds. The molecule has 0 aliphatic carbocycles. The molecule has 0 radical (unpaired) electrons. The van der Waals surface area contributed by atoms with Crippen molar-refractivity contribution in [3.8, 4) is 0 Å². The van der Waals surface area contributed by atoms with E-state index < -0.39 is 5.97 Å². The minimum Gasteiger partial charge on any atom is -0.477 e. The molecule has 0 atom stereocenters. The van der Waals surface area contributed by atoms with Crippen molar-refractivity contribution in [1.29, 1.82) is 0 Å². The fourth-order valence-corrected chi connectivity index (χ4v) is 0.962. The first-order valence-corrected chi connectivity index (χ1v) is 3.80. The Morgan fingerprint density at radius 3 is 3.00 bits per heavy atom. The molecule has 0 fully saturated rings. The third kappa shape index (κ3) is 1.56. The highest BCUT2D eigenvalue weighted by Crippen LogP contribution is 2.12. The Morgan fingerprint density at radius 2 is 2.43 bits per heavy atom. The van der Waals surface area contributed by atoms with E-state index in [0.29, 0.717) is 11.5 Å². The molecule has 14 heavy (non-hydrogen) atoms. The first-order chi connectivity index (χ1) is 6.75. The lowest BCUT2D eigenvalue weighted by Gasteiger charge is -1.94. The van der Waals surface area contributed by atoms with E-state index in [1.165, 1.54) is 6.07 Å². The van der Waals surface area contributed by atoms with E-state index in [4.69, 9.17) is 5.11 Å². The zero-order valence-corrected chi connectivity index (χ0v) is 6.98. The van der Waals surface area contributed by atoms with Crippen molar-refractivity contribution in [3.05, 3.63) is 24.2 Å². The van der Waals surface area contributed by atoms with Crippen molar-refractivity contribution in [2.24, 2.45) is 0 Å². The normalized spacial score (nSPS) is 10.0. The molecule has 0 aliphatic rings. The fraction of sp³-hybridized carbons (Fsp3) is 0. The van der Waals surface area contributed by atoms with Gasteiger partial charge in [-0.05, 0) is 0 Å². The van der Waals surface area contributed by atoms with E-state index in [1.54, 1.807) is 12.4 Å². The summed E-state index contributed by atoms with van der Waals surface area (Å²) in [5.74, 6) is -0.610. The van der Waals surface area contributed by atoms with Gasteiger partial charge < -0.3 is 10.4 Å². The minimum absolute atomic E-state index is 0.0380. The third-order valence-electron chi connectivity index (χ3n) is 1.58. The molecule has 0 bridgehead atoms. The van der Waals surface area contributed by atoms with Gasteiger partial charge >= 0.3 is 5.97 Å². The van der Waals surface area contributed by atoms with Crippen LogP contribution in [-0.4, -0.2) is 31.5 Å². The number of nitrogens with zero attached hydrogens (tertiary/aromatic N) is 2. The van der Waals surface area contributed by atoms with Crippen LogP contribution in [-0.2, 0) is 0 Å². The summed E-state index contributed by atoms with van der Waals surface area (Å²) in [6.45, 7) is 0. The van der Waals surface area contributed by atoms with Crippen molar-refractivity contribution in [3.63, 3.8) is 0 Å². The number of hydrogen-bond donors (Lipinski definition) is 4. The summed E-state index contributed by atoms with van der Waals surface area (Å²) in [6, 6.07) is 1.40. The highest BCUT2D eigenvalue weighted by atomic mass is 16.4. The average molecular weight is 193 g/mol. The first kappa shape index (κ1) is 8.30. The van der Waals surface area contributed by atoms with Gasteiger partial charge in [-0.25, -0.2) is 4.79 Å². The topological polar surface area (TPSA) is 107 Å². The van der Waals surface area contributed by atoms with Gasteiger partial charge in [0.25, 0.3) is 0 Å². The molecule has 72 valence electrons. The number of carboxylic acid groups (broad SMARTS) is 1. The number of carboxylic acids is 1. The van der Waals surface area contributed by atoms with Crippen molar-refractivity contribution < 1.29 is 9.90 Å². The second-order valence-corrected chi connectivity index (χ2v) is 2.58. The molecular formula is C7H7N5O2. The van der Waals surface area contributed by atoms with E-state index >= 15 is 0 Å². The zero-order chi connectivity index (χ0) is 9.97. The van der Waals surface area contributed by atoms with Gasteiger partial charge in [-0.2, -0.15) is 10.2 Å². The summed E-state index contributed by atoms with van der Waals surface area (Å²) in [7, 11) is 0. The minimum atomic E-state index is -1.04. The van der Waals surface area contributed by atoms with Crippen LogP contribution in [0, 0.1) is 0 Å². The quantitative estimate of drug-likeness (QED) is 0.570. The van der Waals surface area contributed by atoms with Gasteiger partial charge in [-0.1, -0.05) is 0 Å². The van der Waals surface area contributed by atoms with Crippen LogP contribution in [0.1, 0.15) is 10.5 Å². The Hall–Kier alpha value is -2.31. The van der Waals surface area contributed by atoms with Crippen molar-refractivity contribution in [1.82, 2.24) is 20.4 Å². The summed E-state index contributed by atoms with van der Waals surface area (Å²) in [5.41, 5.74) is 0.754. The Balaban J connectivity index is 2.14. The lowest BCUT2D eigenvalue weighted by molar-refractivity contribution is 0.0690. The maximum Gasteiger partial charge on any atom is 0.353 e. The van der Waals surface area contributed by atoms with Crippen molar-refractivity contribution in [2.45, 2.75) is 0 Å². The number of nitrogens with one attached hydrogen (secondary N) is 3. The van der Waals surface area contributed by atoms with Crippen molar-refractivity contribution in [2.75, 3.05) is 5.32 Å². The number of rotatable bonds is 3. The predicted molar refractivity (Wildman–Crippen MR) is 47.4 cm³/mol. The zero-order valence-electron chi connectivity index (χ0n) is 6.98. The number of aromatic nitrogens is 4. The number of aromatic carboxylic acids is 1. The molecule has 0 saturated heterocycles. The summed E-state index contributed by atoms with van der Waals surface area (Å²) in [6.07, 6.45) is 3.20. The smallest absolute Gasteiger partial charge is 0.353 e. The van der Waals surface area contributed by atoms with Gasteiger partial charge in [0.2, 0.25) is 0 Å². The number of hydrogen-bond acceptors (Lipinski definition) is 4. The number of anilines is 2. The maximum atomic E-state index is 10.5. The molecular weight excluding hydrogens is 186 g/mol. The predicted octanol–water partition coefficient (Wildman–Crippen LogP) is 0.575. The van der Waals surface area contributed by atoms with Gasteiger partial charge in [0.1, 0.15) is 5.69 Å². The second-order valence-electron chi connectivity index (χ2n) is 2.58. The summed E-state index contributed by atoms with van der Waals surface area (Å²) in [5, 5.41) is 23.9. The molecule has 0 aliphatic heterocycles. The average Bonchev–Trinajstić information content (AvgIpc) is 2.75. The van der Waals surface area contributed by atoms with E-state index in [0.717, 1.165) is 0 Å². The molecule has 4 N–H and O–H groups in total. The molecule has 0 unspecified atom stereocenters. The number of carbonyl (C=O) groups is 1. The molecule has 0 saturated carbocycles. The molecule has 2 rings (SSSR count). The van der Waals surface area contributed by atoms with Gasteiger partial charge in [-0.3, -0.25) is 10.2 Å². The Morgan fingerprint density at radius 1 is 1.57 bits per heavy atom. The van der Waals surface area contributed by atoms with Crippen LogP contribution in [0.25, 0.3) is 0 Å². The monoisotopic (exact) mass is 193 g/mol. The lowest BCUT2D eigenvalue weighted by Crippen LogP contribution is -1.95.